The molecule has 0 radical (unpaired) electrons. The average Bonchev–Trinajstić information content (AvgIpc) is 2.08. The van der Waals surface area contributed by atoms with E-state index >= 15 is 0 Å². The van der Waals surface area contributed by atoms with Gasteiger partial charge in [-0.05, 0) is 5.67 Å². The Hall–Kier alpha value is 0.434. The molecule has 1 aliphatic heterocycles. The lowest BCUT2D eigenvalue weighted by atomic mass is 10.9. The second-order valence-corrected chi connectivity index (χ2v) is 13.7. The third-order valence-electron chi connectivity index (χ3n) is 1.73. The van der Waals surface area contributed by atoms with Crippen molar-refractivity contribution < 1.29 is 21.6 Å². The lowest BCUT2D eigenvalue weighted by Crippen LogP contribution is -2.35. The third kappa shape index (κ3) is 4.78. The van der Waals surface area contributed by atoms with Gasteiger partial charge < -0.3 is 21.6 Å². The van der Waals surface area contributed by atoms with Crippen molar-refractivity contribution in [1.29, 1.82) is 0 Å². The van der Waals surface area contributed by atoms with Crippen molar-refractivity contribution in [2.75, 3.05) is 0 Å². The van der Waals surface area contributed by atoms with Crippen LogP contribution in [0.1, 0.15) is 0 Å². The van der Waals surface area contributed by atoms with E-state index in [9.17, 15) is 5.11 Å². The molecular formula is C4H16O5Si5. The Morgan fingerprint density at radius 2 is 1.79 bits per heavy atom. The molecule has 0 aromatic rings. The van der Waals surface area contributed by atoms with E-state index in [2.05, 4.69) is 13.1 Å². The molecule has 14 heavy (non-hydrogen) atoms. The standard InChI is InChI=1S/C4H16O5Si5/c1-13(2)4(5)3-14-8-11-6-10-7-12-9-14/h3-5,13H,10-12H2,1-2H3. The van der Waals surface area contributed by atoms with E-state index in [4.69, 9.17) is 16.5 Å². The third-order valence-corrected chi connectivity index (χ3v) is 10.2. The zero-order valence-corrected chi connectivity index (χ0v) is 14.8. The second kappa shape index (κ2) is 6.83. The van der Waals surface area contributed by atoms with Gasteiger partial charge in [0.25, 0.3) is 10.0 Å². The summed E-state index contributed by atoms with van der Waals surface area (Å²) in [4.78, 5) is 0. The first-order chi connectivity index (χ1) is 6.70. The van der Waals surface area contributed by atoms with Gasteiger partial charge in [0.1, 0.15) is 0 Å². The Morgan fingerprint density at radius 3 is 2.29 bits per heavy atom. The van der Waals surface area contributed by atoms with Crippen molar-refractivity contribution in [2.45, 2.75) is 18.8 Å². The number of rotatable bonds is 2. The number of hydrogen-bond donors (Lipinski definition) is 1. The summed E-state index contributed by atoms with van der Waals surface area (Å²) in [5, 5.41) is 9.67. The molecule has 1 saturated heterocycles. The fourth-order valence-electron chi connectivity index (χ4n) is 0.796. The van der Waals surface area contributed by atoms with Crippen LogP contribution in [-0.2, 0) is 16.5 Å². The van der Waals surface area contributed by atoms with Gasteiger partial charge in [-0.15, -0.1) is 0 Å². The van der Waals surface area contributed by atoms with Crippen molar-refractivity contribution in [3.63, 3.8) is 0 Å². The molecule has 1 N–H and O–H groups in total. The van der Waals surface area contributed by atoms with Crippen LogP contribution in [-0.4, -0.2) is 64.2 Å². The molecular weight excluding hydrogens is 268 g/mol. The van der Waals surface area contributed by atoms with Crippen LogP contribution in [0, 0.1) is 0 Å². The number of hydrogen-bond acceptors (Lipinski definition) is 5. The summed E-state index contributed by atoms with van der Waals surface area (Å²) < 4.78 is 21.5. The topological polar surface area (TPSA) is 57.2 Å². The van der Waals surface area contributed by atoms with Crippen LogP contribution in [0.2, 0.25) is 13.1 Å². The van der Waals surface area contributed by atoms with Gasteiger partial charge in [-0.25, -0.2) is 0 Å². The van der Waals surface area contributed by atoms with E-state index in [1.54, 1.807) is 0 Å². The van der Waals surface area contributed by atoms with E-state index in [1.165, 1.54) is 0 Å². The lowest BCUT2D eigenvalue weighted by molar-refractivity contribution is 0.314. The highest BCUT2D eigenvalue weighted by Gasteiger charge is 2.14. The largest absolute Gasteiger partial charge is 0.564 e. The Kier molecular flexibility index (Phi) is 6.10. The van der Waals surface area contributed by atoms with Crippen LogP contribution in [0.15, 0.2) is 0 Å². The predicted octanol–water partition coefficient (Wildman–Crippen LogP) is -3.68. The zero-order chi connectivity index (χ0) is 10.4. The summed E-state index contributed by atoms with van der Waals surface area (Å²) in [7, 11) is -5.05. The minimum atomic E-state index is -1.40. The molecule has 1 rings (SSSR count). The van der Waals surface area contributed by atoms with Gasteiger partial charge in [-0.2, -0.15) is 0 Å². The molecule has 0 aliphatic carbocycles. The van der Waals surface area contributed by atoms with Crippen LogP contribution in [0.5, 0.6) is 0 Å². The molecule has 10 heteroatoms. The Labute approximate surface area is 94.0 Å². The first-order valence-electron chi connectivity index (χ1n) is 4.51. The summed E-state index contributed by atoms with van der Waals surface area (Å²) >= 11 is 0. The fraction of sp³-hybridized carbons (Fsp3) is 0.750. The van der Waals surface area contributed by atoms with Crippen LogP contribution < -0.4 is 0 Å². The van der Waals surface area contributed by atoms with Gasteiger partial charge in [0.2, 0.25) is 0 Å². The normalized spacial score (nSPS) is 25.6. The Morgan fingerprint density at radius 1 is 1.21 bits per heavy atom. The molecule has 1 atom stereocenters. The van der Waals surface area contributed by atoms with Crippen molar-refractivity contribution >= 4 is 53.4 Å². The molecule has 1 unspecified atom stereocenters. The molecule has 5 nitrogen and oxygen atoms in total. The summed E-state index contributed by atoms with van der Waals surface area (Å²) in [6, 6.07) is 0. The smallest absolute Gasteiger partial charge is 0.450 e. The van der Waals surface area contributed by atoms with E-state index in [0.717, 1.165) is 0 Å². The van der Waals surface area contributed by atoms with Crippen LogP contribution in [0.4, 0.5) is 0 Å². The SMILES string of the molecule is C[SiH](C)C(O)C=[Si]1O[SiH2]O[SiH2]O[SiH2]O1. The van der Waals surface area contributed by atoms with Crippen molar-refractivity contribution in [2.24, 2.45) is 0 Å². The highest BCUT2D eigenvalue weighted by Crippen LogP contribution is 1.90. The van der Waals surface area contributed by atoms with Crippen molar-refractivity contribution in [3.8, 4) is 0 Å². The van der Waals surface area contributed by atoms with E-state index in [-0.39, 0.29) is 5.73 Å². The fourth-order valence-corrected chi connectivity index (χ4v) is 10.1. The van der Waals surface area contributed by atoms with Crippen molar-refractivity contribution in [1.82, 2.24) is 0 Å². The lowest BCUT2D eigenvalue weighted by Gasteiger charge is -2.17. The van der Waals surface area contributed by atoms with Gasteiger partial charge in [-0.3, -0.25) is 0 Å². The van der Waals surface area contributed by atoms with Gasteiger partial charge in [0, 0.05) is 0 Å². The molecule has 0 spiro atoms. The summed E-state index contributed by atoms with van der Waals surface area (Å²) in [5.74, 6) is 0. The summed E-state index contributed by atoms with van der Waals surface area (Å²) in [6.07, 6.45) is 0. The molecule has 82 valence electrons. The molecule has 1 heterocycles. The van der Waals surface area contributed by atoms with Gasteiger partial charge in [0.15, 0.2) is 0 Å². The average molecular weight is 285 g/mol. The van der Waals surface area contributed by atoms with Crippen LogP contribution in [0.25, 0.3) is 0 Å². The van der Waals surface area contributed by atoms with Crippen LogP contribution >= 0.6 is 0 Å². The quantitative estimate of drug-likeness (QED) is 0.530. The maximum atomic E-state index is 9.67. The van der Waals surface area contributed by atoms with Crippen LogP contribution in [0.3, 0.4) is 0 Å². The minimum absolute atomic E-state index is 0.316. The first kappa shape index (κ1) is 12.5. The molecule has 0 amide bonds. The van der Waals surface area contributed by atoms with Gasteiger partial charge in [0.05, 0.1) is 14.5 Å². The molecule has 1 fully saturated rings. The first-order valence-corrected chi connectivity index (χ1v) is 12.3. The monoisotopic (exact) mass is 284 g/mol. The van der Waals surface area contributed by atoms with Crippen molar-refractivity contribution in [3.05, 3.63) is 0 Å². The Balaban J connectivity index is 2.46. The highest BCUT2D eigenvalue weighted by molar-refractivity contribution is 6.71. The maximum absolute atomic E-state index is 9.67. The Bertz CT molecular complexity index is 189. The maximum Gasteiger partial charge on any atom is 0.450 e. The predicted molar refractivity (Wildman–Crippen MR) is 66.7 cm³/mol. The number of aliphatic hydroxyl groups excluding tert-OH is 1. The van der Waals surface area contributed by atoms with E-state index in [0.29, 0.717) is 0 Å². The van der Waals surface area contributed by atoms with Gasteiger partial charge in [-0.1, -0.05) is 13.1 Å². The summed E-state index contributed by atoms with van der Waals surface area (Å²) in [5.41, 5.74) is 1.52. The van der Waals surface area contributed by atoms with E-state index < -0.39 is 47.7 Å². The molecule has 0 saturated carbocycles. The molecule has 0 aromatic heterocycles. The molecule has 0 bridgehead atoms. The second-order valence-electron chi connectivity index (χ2n) is 3.27. The highest BCUT2D eigenvalue weighted by atomic mass is 28.4. The van der Waals surface area contributed by atoms with Gasteiger partial charge >= 0.3 is 28.9 Å². The number of aliphatic hydroxyl groups is 1. The summed E-state index contributed by atoms with van der Waals surface area (Å²) in [6.45, 7) is 4.20. The molecule has 1 aliphatic rings. The molecule has 0 aromatic carbocycles. The van der Waals surface area contributed by atoms with E-state index in [1.807, 2.05) is 5.67 Å². The minimum Gasteiger partial charge on any atom is -0.564 e. The zero-order valence-electron chi connectivity index (χ0n) is 8.43.